The van der Waals surface area contributed by atoms with Crippen molar-refractivity contribution < 1.29 is 9.72 Å². The Morgan fingerprint density at radius 3 is 2.68 bits per heavy atom. The number of nitrogens with one attached hydrogen (secondary N) is 1. The van der Waals surface area contributed by atoms with Crippen LogP contribution in [-0.2, 0) is 11.3 Å². The van der Waals surface area contributed by atoms with Crippen molar-refractivity contribution in [3.05, 3.63) is 71.0 Å². The summed E-state index contributed by atoms with van der Waals surface area (Å²) in [5, 5.41) is 17.9. The van der Waals surface area contributed by atoms with Crippen molar-refractivity contribution in [1.82, 2.24) is 14.8 Å². The molecule has 0 aliphatic carbocycles. The molecule has 126 valence electrons. The van der Waals surface area contributed by atoms with Crippen molar-refractivity contribution in [1.29, 1.82) is 0 Å². The van der Waals surface area contributed by atoms with Gasteiger partial charge in [-0.25, -0.2) is 0 Å². The molecule has 0 spiro atoms. The van der Waals surface area contributed by atoms with Crippen LogP contribution in [0.5, 0.6) is 0 Å². The minimum Gasteiger partial charge on any atom is -0.320 e. The number of rotatable bonds is 6. The maximum atomic E-state index is 12.1. The smallest absolute Gasteiger partial charge is 0.292 e. The summed E-state index contributed by atoms with van der Waals surface area (Å²) in [6, 6.07) is 13.4. The fourth-order valence-electron chi connectivity index (χ4n) is 2.30. The normalized spacial score (nSPS) is 10.4. The SMILES string of the molecule is O=C(CCn1ccc(-c2ccccn2)n1)Nc1ccccc1[N+](=O)[O-]. The molecule has 25 heavy (non-hydrogen) atoms. The molecule has 0 unspecified atom stereocenters. The molecule has 2 aromatic heterocycles. The molecule has 0 saturated heterocycles. The van der Waals surface area contributed by atoms with Crippen LogP contribution in [0.1, 0.15) is 6.42 Å². The molecule has 3 rings (SSSR count). The molecule has 0 aliphatic rings. The molecule has 1 amide bonds. The maximum absolute atomic E-state index is 12.1. The Bertz CT molecular complexity index is 892. The standard InChI is InChI=1S/C17H15N5O3/c23-17(19-15-6-1-2-7-16(15)22(24)25)9-12-21-11-8-14(20-21)13-5-3-4-10-18-13/h1-8,10-11H,9,12H2,(H,19,23). The highest BCUT2D eigenvalue weighted by Crippen LogP contribution is 2.23. The molecule has 3 aromatic rings. The van der Waals surface area contributed by atoms with Crippen LogP contribution in [0.4, 0.5) is 11.4 Å². The zero-order chi connectivity index (χ0) is 17.6. The predicted molar refractivity (Wildman–Crippen MR) is 91.8 cm³/mol. The van der Waals surface area contributed by atoms with Gasteiger partial charge in [0, 0.05) is 31.4 Å². The molecule has 8 heteroatoms. The zero-order valence-electron chi connectivity index (χ0n) is 13.2. The molecule has 0 fully saturated rings. The van der Waals surface area contributed by atoms with Gasteiger partial charge >= 0.3 is 0 Å². The lowest BCUT2D eigenvalue weighted by atomic mass is 10.2. The van der Waals surface area contributed by atoms with Gasteiger partial charge in [-0.3, -0.25) is 24.6 Å². The molecule has 0 bridgehead atoms. The summed E-state index contributed by atoms with van der Waals surface area (Å²) >= 11 is 0. The number of aromatic nitrogens is 3. The molecule has 0 aliphatic heterocycles. The Hall–Kier alpha value is -3.55. The van der Waals surface area contributed by atoms with Gasteiger partial charge in [0.2, 0.25) is 5.91 Å². The summed E-state index contributed by atoms with van der Waals surface area (Å²) < 4.78 is 1.64. The number of nitro benzene ring substituents is 1. The Labute approximate surface area is 143 Å². The number of benzene rings is 1. The number of nitro groups is 1. The van der Waals surface area contributed by atoms with Crippen LogP contribution in [0.15, 0.2) is 60.9 Å². The summed E-state index contributed by atoms with van der Waals surface area (Å²) in [6.07, 6.45) is 3.60. The van der Waals surface area contributed by atoms with E-state index in [-0.39, 0.29) is 23.7 Å². The van der Waals surface area contributed by atoms with E-state index in [9.17, 15) is 14.9 Å². The van der Waals surface area contributed by atoms with Crippen LogP contribution < -0.4 is 5.32 Å². The molecule has 0 radical (unpaired) electrons. The molecule has 1 N–H and O–H groups in total. The molecule has 0 saturated carbocycles. The third kappa shape index (κ3) is 4.05. The summed E-state index contributed by atoms with van der Waals surface area (Å²) in [7, 11) is 0. The van der Waals surface area contributed by atoms with Gasteiger partial charge < -0.3 is 5.32 Å². The highest BCUT2D eigenvalue weighted by atomic mass is 16.6. The topological polar surface area (TPSA) is 103 Å². The fraction of sp³-hybridized carbons (Fsp3) is 0.118. The minimum atomic E-state index is -0.526. The minimum absolute atomic E-state index is 0.132. The molecule has 1 aromatic carbocycles. The first kappa shape index (κ1) is 16.3. The Balaban J connectivity index is 1.60. The van der Waals surface area contributed by atoms with Crippen LogP contribution >= 0.6 is 0 Å². The third-order valence-corrected chi connectivity index (χ3v) is 3.51. The summed E-state index contributed by atoms with van der Waals surface area (Å²) in [5.74, 6) is -0.316. The Morgan fingerprint density at radius 1 is 1.12 bits per heavy atom. The Kier molecular flexibility index (Phi) is 4.79. The summed E-state index contributed by atoms with van der Waals surface area (Å²) in [5.41, 5.74) is 1.53. The average Bonchev–Trinajstić information content (AvgIpc) is 3.10. The molecular formula is C17H15N5O3. The fourth-order valence-corrected chi connectivity index (χ4v) is 2.30. The quantitative estimate of drug-likeness (QED) is 0.550. The van der Waals surface area contributed by atoms with Gasteiger partial charge in [-0.1, -0.05) is 18.2 Å². The van der Waals surface area contributed by atoms with Gasteiger partial charge in [-0.15, -0.1) is 0 Å². The first-order valence-electron chi connectivity index (χ1n) is 7.61. The third-order valence-electron chi connectivity index (χ3n) is 3.51. The number of aryl methyl sites for hydroxylation is 1. The van der Waals surface area contributed by atoms with Gasteiger partial charge in [0.25, 0.3) is 5.69 Å². The number of carbonyl (C=O) groups excluding carboxylic acids is 1. The zero-order valence-corrected chi connectivity index (χ0v) is 13.2. The van der Waals surface area contributed by atoms with E-state index in [2.05, 4.69) is 15.4 Å². The highest BCUT2D eigenvalue weighted by Gasteiger charge is 2.14. The van der Waals surface area contributed by atoms with Crippen LogP contribution in [0, 0.1) is 10.1 Å². The van der Waals surface area contributed by atoms with Crippen molar-refractivity contribution in [3.63, 3.8) is 0 Å². The second-order valence-electron chi connectivity index (χ2n) is 5.25. The monoisotopic (exact) mass is 337 g/mol. The summed E-state index contributed by atoms with van der Waals surface area (Å²) in [6.45, 7) is 0.360. The molecular weight excluding hydrogens is 322 g/mol. The lowest BCUT2D eigenvalue weighted by molar-refractivity contribution is -0.383. The van der Waals surface area contributed by atoms with E-state index in [4.69, 9.17) is 0 Å². The van der Waals surface area contributed by atoms with E-state index in [1.807, 2.05) is 24.3 Å². The second kappa shape index (κ2) is 7.35. The first-order chi connectivity index (χ1) is 12.1. The van der Waals surface area contributed by atoms with E-state index >= 15 is 0 Å². The average molecular weight is 337 g/mol. The van der Waals surface area contributed by atoms with Crippen molar-refractivity contribution in [2.45, 2.75) is 13.0 Å². The van der Waals surface area contributed by atoms with Crippen molar-refractivity contribution in [2.24, 2.45) is 0 Å². The van der Waals surface area contributed by atoms with Gasteiger partial charge in [0.05, 0.1) is 10.6 Å². The Morgan fingerprint density at radius 2 is 1.92 bits per heavy atom. The van der Waals surface area contributed by atoms with E-state index in [0.717, 1.165) is 11.4 Å². The second-order valence-corrected chi connectivity index (χ2v) is 5.25. The van der Waals surface area contributed by atoms with Crippen LogP contribution in [-0.4, -0.2) is 25.6 Å². The van der Waals surface area contributed by atoms with E-state index < -0.39 is 4.92 Å². The van der Waals surface area contributed by atoms with E-state index in [1.165, 1.54) is 12.1 Å². The van der Waals surface area contributed by atoms with Crippen molar-refractivity contribution in [2.75, 3.05) is 5.32 Å². The van der Waals surface area contributed by atoms with E-state index in [1.54, 1.807) is 29.2 Å². The number of para-hydroxylation sites is 2. The number of anilines is 1. The summed E-state index contributed by atoms with van der Waals surface area (Å²) in [4.78, 5) is 26.7. The van der Waals surface area contributed by atoms with Crippen molar-refractivity contribution >= 4 is 17.3 Å². The number of nitrogens with zero attached hydrogens (tertiary/aromatic N) is 4. The highest BCUT2D eigenvalue weighted by molar-refractivity contribution is 5.92. The van der Waals surface area contributed by atoms with Gasteiger partial charge in [-0.05, 0) is 24.3 Å². The van der Waals surface area contributed by atoms with Gasteiger partial charge in [0.15, 0.2) is 0 Å². The first-order valence-corrected chi connectivity index (χ1v) is 7.61. The molecule has 0 atom stereocenters. The number of hydrogen-bond acceptors (Lipinski definition) is 5. The van der Waals surface area contributed by atoms with Crippen LogP contribution in [0.25, 0.3) is 11.4 Å². The van der Waals surface area contributed by atoms with Crippen LogP contribution in [0.3, 0.4) is 0 Å². The number of hydrogen-bond donors (Lipinski definition) is 1. The number of amides is 1. The number of carbonyl (C=O) groups is 1. The lowest BCUT2D eigenvalue weighted by Gasteiger charge is -2.06. The van der Waals surface area contributed by atoms with Crippen LogP contribution in [0.2, 0.25) is 0 Å². The largest absolute Gasteiger partial charge is 0.320 e. The van der Waals surface area contributed by atoms with Crippen molar-refractivity contribution in [3.8, 4) is 11.4 Å². The number of pyridine rings is 1. The van der Waals surface area contributed by atoms with Gasteiger partial charge in [0.1, 0.15) is 11.4 Å². The molecule has 2 heterocycles. The molecule has 8 nitrogen and oxygen atoms in total. The predicted octanol–water partition coefficient (Wildman–Crippen LogP) is 2.88. The lowest BCUT2D eigenvalue weighted by Crippen LogP contribution is -2.15. The van der Waals surface area contributed by atoms with E-state index in [0.29, 0.717) is 6.54 Å². The van der Waals surface area contributed by atoms with Gasteiger partial charge in [-0.2, -0.15) is 5.10 Å². The maximum Gasteiger partial charge on any atom is 0.292 e.